The Balaban J connectivity index is 1.54. The molecule has 0 spiro atoms. The van der Waals surface area contributed by atoms with Crippen LogP contribution < -0.4 is 0 Å². The molecule has 1 amide bonds. The summed E-state index contributed by atoms with van der Waals surface area (Å²) in [6.45, 7) is 0.427. The van der Waals surface area contributed by atoms with E-state index in [0.29, 0.717) is 27.9 Å². The molecule has 3 rings (SSSR count). The number of benzene rings is 2. The topological polar surface area (TPSA) is 54.5 Å². The molecule has 0 radical (unpaired) electrons. The van der Waals surface area contributed by atoms with E-state index in [0.717, 1.165) is 5.56 Å². The van der Waals surface area contributed by atoms with Crippen molar-refractivity contribution in [1.82, 2.24) is 4.90 Å². The van der Waals surface area contributed by atoms with Crippen LogP contribution in [0.3, 0.4) is 0 Å². The first-order chi connectivity index (χ1) is 12.3. The highest BCUT2D eigenvalue weighted by molar-refractivity contribution is 7.92. The fourth-order valence-electron chi connectivity index (χ4n) is 2.76. The number of amides is 1. The number of rotatable bonds is 5. The van der Waals surface area contributed by atoms with Gasteiger partial charge in [0.2, 0.25) is 5.91 Å². The molecule has 1 heterocycles. The van der Waals surface area contributed by atoms with Crippen LogP contribution >= 0.6 is 34.8 Å². The van der Waals surface area contributed by atoms with Crippen molar-refractivity contribution in [3.63, 3.8) is 0 Å². The van der Waals surface area contributed by atoms with Crippen LogP contribution in [0.2, 0.25) is 15.1 Å². The zero-order valence-corrected chi connectivity index (χ0v) is 16.7. The number of carbonyl (C=O) groups excluding carboxylic acids is 1. The van der Waals surface area contributed by atoms with Gasteiger partial charge in [0, 0.05) is 24.5 Å². The highest BCUT2D eigenvalue weighted by Gasteiger charge is 2.40. The molecule has 0 unspecified atom stereocenters. The summed E-state index contributed by atoms with van der Waals surface area (Å²) in [7, 11) is -3.45. The molecule has 0 bridgehead atoms. The normalized spacial score (nSPS) is 15.0. The van der Waals surface area contributed by atoms with Crippen molar-refractivity contribution in [2.24, 2.45) is 0 Å². The molecule has 1 aliphatic rings. The van der Waals surface area contributed by atoms with Crippen molar-refractivity contribution < 1.29 is 13.2 Å². The van der Waals surface area contributed by atoms with E-state index in [1.54, 1.807) is 29.2 Å². The van der Waals surface area contributed by atoms with Gasteiger partial charge in [0.25, 0.3) is 0 Å². The number of hydrogen-bond donors (Lipinski definition) is 0. The maximum atomic E-state index is 12.5. The Morgan fingerprint density at radius 1 is 1.00 bits per heavy atom. The van der Waals surface area contributed by atoms with E-state index >= 15 is 0 Å². The maximum absolute atomic E-state index is 12.5. The molecule has 1 fully saturated rings. The molecule has 0 aliphatic carbocycles. The summed E-state index contributed by atoms with van der Waals surface area (Å²) >= 11 is 17.6. The standard InChI is InChI=1S/C18H16Cl3NO3S/c19-13-3-5-14(6-4-13)26(24,25)15-10-22(11-15)18(23)8-2-12-1-7-16(20)17(21)9-12/h1,3-7,9,15H,2,8,10-11H2. The zero-order valence-electron chi connectivity index (χ0n) is 13.7. The van der Waals surface area contributed by atoms with Crippen LogP contribution in [-0.2, 0) is 21.1 Å². The van der Waals surface area contributed by atoms with Crippen LogP contribution in [0.5, 0.6) is 0 Å². The van der Waals surface area contributed by atoms with Crippen molar-refractivity contribution in [2.45, 2.75) is 23.0 Å². The average molecular weight is 433 g/mol. The lowest BCUT2D eigenvalue weighted by molar-refractivity contribution is -0.134. The second kappa shape index (κ2) is 7.77. The summed E-state index contributed by atoms with van der Waals surface area (Å²) < 4.78 is 25.1. The number of hydrogen-bond acceptors (Lipinski definition) is 3. The minimum Gasteiger partial charge on any atom is -0.340 e. The molecule has 0 N–H and O–H groups in total. The van der Waals surface area contributed by atoms with Gasteiger partial charge in [-0.2, -0.15) is 0 Å². The third-order valence-electron chi connectivity index (χ3n) is 4.39. The van der Waals surface area contributed by atoms with Gasteiger partial charge in [-0.15, -0.1) is 0 Å². The monoisotopic (exact) mass is 431 g/mol. The maximum Gasteiger partial charge on any atom is 0.222 e. The Hall–Kier alpha value is -1.27. The first kappa shape index (κ1) is 19.5. The Morgan fingerprint density at radius 2 is 1.65 bits per heavy atom. The van der Waals surface area contributed by atoms with E-state index in [4.69, 9.17) is 34.8 Å². The van der Waals surface area contributed by atoms with E-state index in [9.17, 15) is 13.2 Å². The number of halogens is 3. The average Bonchev–Trinajstić information content (AvgIpc) is 2.54. The van der Waals surface area contributed by atoms with Gasteiger partial charge in [0.05, 0.1) is 14.9 Å². The van der Waals surface area contributed by atoms with E-state index < -0.39 is 15.1 Å². The largest absolute Gasteiger partial charge is 0.340 e. The van der Waals surface area contributed by atoms with Crippen molar-refractivity contribution in [1.29, 1.82) is 0 Å². The molecule has 0 saturated carbocycles. The van der Waals surface area contributed by atoms with Crippen LogP contribution in [0.4, 0.5) is 0 Å². The third-order valence-corrected chi connectivity index (χ3v) is 7.49. The summed E-state index contributed by atoms with van der Waals surface area (Å²) in [6.07, 6.45) is 0.826. The second-order valence-corrected chi connectivity index (χ2v) is 9.65. The van der Waals surface area contributed by atoms with Crippen molar-refractivity contribution in [3.05, 3.63) is 63.1 Å². The lowest BCUT2D eigenvalue weighted by atomic mass is 10.1. The fraction of sp³-hybridized carbons (Fsp3) is 0.278. The Labute approximate surface area is 167 Å². The third kappa shape index (κ3) is 4.17. The molecule has 138 valence electrons. The van der Waals surface area contributed by atoms with E-state index in [1.807, 2.05) is 6.07 Å². The predicted molar refractivity (Wildman–Crippen MR) is 104 cm³/mol. The molecule has 1 aliphatic heterocycles. The first-order valence-corrected chi connectivity index (χ1v) is 10.7. The Morgan fingerprint density at radius 3 is 2.27 bits per heavy atom. The van der Waals surface area contributed by atoms with Gasteiger partial charge < -0.3 is 4.90 Å². The van der Waals surface area contributed by atoms with Gasteiger partial charge in [-0.1, -0.05) is 40.9 Å². The first-order valence-electron chi connectivity index (χ1n) is 7.98. The highest BCUT2D eigenvalue weighted by Crippen LogP contribution is 2.26. The van der Waals surface area contributed by atoms with Crippen LogP contribution in [0.1, 0.15) is 12.0 Å². The predicted octanol–water partition coefficient (Wildman–Crippen LogP) is 4.26. The molecule has 26 heavy (non-hydrogen) atoms. The van der Waals surface area contributed by atoms with E-state index in [2.05, 4.69) is 0 Å². The summed E-state index contributed by atoms with van der Waals surface area (Å²) in [6, 6.07) is 11.3. The summed E-state index contributed by atoms with van der Waals surface area (Å²) in [5.74, 6) is -0.0707. The van der Waals surface area contributed by atoms with Crippen molar-refractivity contribution in [2.75, 3.05) is 13.1 Å². The number of aryl methyl sites for hydroxylation is 1. The van der Waals surface area contributed by atoms with Crippen LogP contribution in [-0.4, -0.2) is 37.6 Å². The van der Waals surface area contributed by atoms with Gasteiger partial charge in [-0.3, -0.25) is 4.79 Å². The minimum absolute atomic E-state index is 0.0707. The molecule has 0 atom stereocenters. The molecule has 2 aromatic carbocycles. The Bertz CT molecular complexity index is 923. The zero-order chi connectivity index (χ0) is 18.9. The summed E-state index contributed by atoms with van der Waals surface area (Å²) in [5.41, 5.74) is 0.915. The van der Waals surface area contributed by atoms with Gasteiger partial charge in [-0.05, 0) is 48.4 Å². The van der Waals surface area contributed by atoms with Gasteiger partial charge in [0.1, 0.15) is 5.25 Å². The highest BCUT2D eigenvalue weighted by atomic mass is 35.5. The summed E-state index contributed by atoms with van der Waals surface area (Å²) in [4.78, 5) is 14.1. The fourth-order valence-corrected chi connectivity index (χ4v) is 4.86. The smallest absolute Gasteiger partial charge is 0.222 e. The molecular weight excluding hydrogens is 417 g/mol. The van der Waals surface area contributed by atoms with Crippen LogP contribution in [0.15, 0.2) is 47.4 Å². The van der Waals surface area contributed by atoms with Crippen molar-refractivity contribution >= 4 is 50.5 Å². The molecule has 2 aromatic rings. The number of sulfone groups is 1. The molecule has 1 saturated heterocycles. The SMILES string of the molecule is O=C(CCc1ccc(Cl)c(Cl)c1)N1CC(S(=O)(=O)c2ccc(Cl)cc2)C1. The second-order valence-electron chi connectivity index (χ2n) is 6.17. The van der Waals surface area contributed by atoms with E-state index in [-0.39, 0.29) is 23.9 Å². The lowest BCUT2D eigenvalue weighted by Gasteiger charge is -2.38. The quantitative estimate of drug-likeness (QED) is 0.709. The molecule has 8 heteroatoms. The van der Waals surface area contributed by atoms with Crippen molar-refractivity contribution in [3.8, 4) is 0 Å². The molecule has 4 nitrogen and oxygen atoms in total. The van der Waals surface area contributed by atoms with Gasteiger partial charge in [-0.25, -0.2) is 8.42 Å². The molecular formula is C18H16Cl3NO3S. The summed E-state index contributed by atoms with van der Waals surface area (Å²) in [5, 5.41) is 0.837. The lowest BCUT2D eigenvalue weighted by Crippen LogP contribution is -2.56. The Kier molecular flexibility index (Phi) is 5.82. The number of likely N-dealkylation sites (tertiary alicyclic amines) is 1. The van der Waals surface area contributed by atoms with Gasteiger partial charge in [0.15, 0.2) is 9.84 Å². The molecule has 0 aromatic heterocycles. The minimum atomic E-state index is -3.45. The number of carbonyl (C=O) groups is 1. The van der Waals surface area contributed by atoms with Crippen LogP contribution in [0.25, 0.3) is 0 Å². The van der Waals surface area contributed by atoms with Gasteiger partial charge >= 0.3 is 0 Å². The number of nitrogens with zero attached hydrogens (tertiary/aromatic N) is 1. The van der Waals surface area contributed by atoms with Crippen LogP contribution in [0, 0.1) is 0 Å². The van der Waals surface area contributed by atoms with E-state index in [1.165, 1.54) is 12.1 Å².